The van der Waals surface area contributed by atoms with Gasteiger partial charge in [0.15, 0.2) is 5.58 Å². The van der Waals surface area contributed by atoms with Gasteiger partial charge in [0.2, 0.25) is 0 Å². The average Bonchev–Trinajstić information content (AvgIpc) is 3.01. The van der Waals surface area contributed by atoms with Crippen LogP contribution < -0.4 is 5.32 Å². The van der Waals surface area contributed by atoms with E-state index in [4.69, 9.17) is 4.42 Å². The van der Waals surface area contributed by atoms with Gasteiger partial charge in [0.05, 0.1) is 5.69 Å². The summed E-state index contributed by atoms with van der Waals surface area (Å²) in [6.07, 6.45) is 1.90. The maximum atomic E-state index is 6.24. The molecule has 0 atom stereocenters. The molecule has 4 rings (SSSR count). The predicted molar refractivity (Wildman–Crippen MR) is 116 cm³/mol. The van der Waals surface area contributed by atoms with Gasteiger partial charge in [0.25, 0.3) is 0 Å². The van der Waals surface area contributed by atoms with Crippen molar-refractivity contribution in [1.82, 2.24) is 0 Å². The summed E-state index contributed by atoms with van der Waals surface area (Å²) in [7, 11) is 0. The van der Waals surface area contributed by atoms with Gasteiger partial charge in [-0.15, -0.1) is 0 Å². The fourth-order valence-electron chi connectivity index (χ4n) is 3.72. The Morgan fingerprint density at radius 3 is 2.30 bits per heavy atom. The fraction of sp³-hybridized carbons (Fsp3) is 0.120. The highest BCUT2D eigenvalue weighted by Crippen LogP contribution is 2.40. The standard InChI is InChI=1S/C25H23NO/c1-5-19-12-6-7-13-20(19)23-18(4)27-25-21(23)14-9-15-22(25)26-24-16(2)10-8-11-17(24)3/h5-15,26H,1H2,2-4H3. The van der Waals surface area contributed by atoms with E-state index in [0.29, 0.717) is 0 Å². The molecular weight excluding hydrogens is 330 g/mol. The number of aryl methyl sites for hydroxylation is 3. The molecule has 0 radical (unpaired) electrons. The molecule has 0 saturated heterocycles. The second-order valence-corrected chi connectivity index (χ2v) is 6.90. The Labute approximate surface area is 160 Å². The first-order valence-corrected chi connectivity index (χ1v) is 9.17. The first-order valence-electron chi connectivity index (χ1n) is 9.17. The Morgan fingerprint density at radius 2 is 1.56 bits per heavy atom. The van der Waals surface area contributed by atoms with Gasteiger partial charge in [-0.25, -0.2) is 0 Å². The first-order chi connectivity index (χ1) is 13.1. The number of nitrogens with one attached hydrogen (secondary N) is 1. The zero-order valence-electron chi connectivity index (χ0n) is 16.0. The van der Waals surface area contributed by atoms with Crippen LogP contribution in [0.5, 0.6) is 0 Å². The van der Waals surface area contributed by atoms with Crippen LogP contribution >= 0.6 is 0 Å². The van der Waals surface area contributed by atoms with Crippen molar-refractivity contribution in [2.45, 2.75) is 20.8 Å². The van der Waals surface area contributed by atoms with Gasteiger partial charge >= 0.3 is 0 Å². The van der Waals surface area contributed by atoms with Crippen LogP contribution in [0.25, 0.3) is 28.2 Å². The van der Waals surface area contributed by atoms with Crippen molar-refractivity contribution in [2.24, 2.45) is 0 Å². The van der Waals surface area contributed by atoms with E-state index in [-0.39, 0.29) is 0 Å². The highest BCUT2D eigenvalue weighted by atomic mass is 16.3. The summed E-state index contributed by atoms with van der Waals surface area (Å²) in [6, 6.07) is 20.9. The van der Waals surface area contributed by atoms with E-state index in [2.05, 4.69) is 80.3 Å². The molecule has 0 aliphatic heterocycles. The molecule has 0 aliphatic rings. The molecular formula is C25H23NO. The van der Waals surface area contributed by atoms with Crippen LogP contribution in [-0.4, -0.2) is 0 Å². The van der Waals surface area contributed by atoms with Crippen LogP contribution in [0, 0.1) is 20.8 Å². The van der Waals surface area contributed by atoms with Gasteiger partial charge in [-0.3, -0.25) is 0 Å². The predicted octanol–water partition coefficient (Wildman–Crippen LogP) is 7.41. The van der Waals surface area contributed by atoms with Crippen LogP contribution in [0.4, 0.5) is 11.4 Å². The molecule has 0 spiro atoms. The average molecular weight is 353 g/mol. The molecule has 0 fully saturated rings. The van der Waals surface area contributed by atoms with E-state index >= 15 is 0 Å². The number of para-hydroxylation sites is 2. The van der Waals surface area contributed by atoms with Crippen molar-refractivity contribution in [1.29, 1.82) is 0 Å². The van der Waals surface area contributed by atoms with Gasteiger partial charge in [0.1, 0.15) is 5.76 Å². The lowest BCUT2D eigenvalue weighted by Crippen LogP contribution is -1.96. The highest BCUT2D eigenvalue weighted by Gasteiger charge is 2.17. The van der Waals surface area contributed by atoms with E-state index in [1.54, 1.807) is 0 Å². The lowest BCUT2D eigenvalue weighted by Gasteiger charge is -2.13. The largest absolute Gasteiger partial charge is 0.459 e. The number of hydrogen-bond acceptors (Lipinski definition) is 2. The van der Waals surface area contributed by atoms with Gasteiger partial charge in [-0.1, -0.05) is 67.3 Å². The highest BCUT2D eigenvalue weighted by molar-refractivity contribution is 6.03. The number of hydrogen-bond donors (Lipinski definition) is 1. The molecule has 0 aliphatic carbocycles. The number of fused-ring (bicyclic) bond motifs is 1. The third kappa shape index (κ3) is 2.93. The van der Waals surface area contributed by atoms with Crippen LogP contribution in [0.1, 0.15) is 22.5 Å². The minimum Gasteiger partial charge on any atom is -0.459 e. The molecule has 0 saturated carbocycles. The summed E-state index contributed by atoms with van der Waals surface area (Å²) >= 11 is 0. The third-order valence-electron chi connectivity index (χ3n) is 5.08. The van der Waals surface area contributed by atoms with E-state index in [1.807, 2.05) is 19.1 Å². The molecule has 0 bridgehead atoms. The van der Waals surface area contributed by atoms with E-state index in [0.717, 1.165) is 44.8 Å². The van der Waals surface area contributed by atoms with Crippen molar-refractivity contribution >= 4 is 28.4 Å². The Bertz CT molecular complexity index is 1130. The SMILES string of the molecule is C=Cc1ccccc1-c1c(C)oc2c(Nc3c(C)cccc3C)cccc12. The molecule has 134 valence electrons. The molecule has 1 aromatic heterocycles. The first kappa shape index (κ1) is 17.2. The molecule has 4 aromatic rings. The lowest BCUT2D eigenvalue weighted by molar-refractivity contribution is 0.581. The molecule has 27 heavy (non-hydrogen) atoms. The Morgan fingerprint density at radius 1 is 0.852 bits per heavy atom. The zero-order chi connectivity index (χ0) is 19.0. The minimum atomic E-state index is 0.881. The smallest absolute Gasteiger partial charge is 0.158 e. The number of rotatable bonds is 4. The van der Waals surface area contributed by atoms with Crippen LogP contribution in [0.3, 0.4) is 0 Å². The van der Waals surface area contributed by atoms with Gasteiger partial charge in [0, 0.05) is 16.6 Å². The van der Waals surface area contributed by atoms with E-state index < -0.39 is 0 Å². The molecule has 0 unspecified atom stereocenters. The molecule has 1 heterocycles. The minimum absolute atomic E-state index is 0.881. The molecule has 0 amide bonds. The lowest BCUT2D eigenvalue weighted by atomic mass is 9.97. The third-order valence-corrected chi connectivity index (χ3v) is 5.08. The fourth-order valence-corrected chi connectivity index (χ4v) is 3.72. The summed E-state index contributed by atoms with van der Waals surface area (Å²) in [6.45, 7) is 10.2. The van der Waals surface area contributed by atoms with Crippen LogP contribution in [0.15, 0.2) is 71.7 Å². The van der Waals surface area contributed by atoms with E-state index in [1.165, 1.54) is 11.1 Å². The quantitative estimate of drug-likeness (QED) is 0.413. The molecule has 2 nitrogen and oxygen atoms in total. The molecule has 2 heteroatoms. The second kappa shape index (κ2) is 6.81. The molecule has 1 N–H and O–H groups in total. The van der Waals surface area contributed by atoms with Gasteiger partial charge in [-0.05, 0) is 49.1 Å². The van der Waals surface area contributed by atoms with Crippen molar-refractivity contribution in [3.63, 3.8) is 0 Å². The van der Waals surface area contributed by atoms with Crippen LogP contribution in [0.2, 0.25) is 0 Å². The maximum Gasteiger partial charge on any atom is 0.158 e. The summed E-state index contributed by atoms with van der Waals surface area (Å²) < 4.78 is 6.24. The Hall–Kier alpha value is -3.26. The van der Waals surface area contributed by atoms with Crippen LogP contribution in [-0.2, 0) is 0 Å². The summed E-state index contributed by atoms with van der Waals surface area (Å²) in [4.78, 5) is 0. The van der Waals surface area contributed by atoms with E-state index in [9.17, 15) is 0 Å². The summed E-state index contributed by atoms with van der Waals surface area (Å²) in [5.41, 5.74) is 8.81. The topological polar surface area (TPSA) is 25.2 Å². The molecule has 3 aromatic carbocycles. The number of benzene rings is 3. The zero-order valence-corrected chi connectivity index (χ0v) is 16.0. The van der Waals surface area contributed by atoms with Gasteiger partial charge in [-0.2, -0.15) is 0 Å². The van der Waals surface area contributed by atoms with Crippen molar-refractivity contribution < 1.29 is 4.42 Å². The Kier molecular flexibility index (Phi) is 4.33. The van der Waals surface area contributed by atoms with Crippen molar-refractivity contribution in [2.75, 3.05) is 5.32 Å². The monoisotopic (exact) mass is 353 g/mol. The van der Waals surface area contributed by atoms with Gasteiger partial charge < -0.3 is 9.73 Å². The maximum absolute atomic E-state index is 6.24. The second-order valence-electron chi connectivity index (χ2n) is 6.90. The normalized spacial score (nSPS) is 10.9. The summed E-state index contributed by atoms with van der Waals surface area (Å²) in [5.74, 6) is 0.912. The number of anilines is 2. The Balaban J connectivity index is 1.90. The summed E-state index contributed by atoms with van der Waals surface area (Å²) in [5, 5.41) is 4.70. The number of furan rings is 1. The van der Waals surface area contributed by atoms with Crippen molar-refractivity contribution in [3.05, 3.63) is 89.7 Å². The van der Waals surface area contributed by atoms with Crippen molar-refractivity contribution in [3.8, 4) is 11.1 Å².